The number of likely N-dealkylation sites (N-methyl/N-ethyl adjacent to an activating group) is 2. The first kappa shape index (κ1) is 13.7. The standard InChI is InChI=1S/C11H15BrN4OS/c1-13-5-6-16(2)7-10-14-15-11(17-10)8-3-4-9(12)18-8/h3-4,13H,5-7H2,1-2H3. The van der Waals surface area contributed by atoms with Gasteiger partial charge >= 0.3 is 0 Å². The molecular weight excluding hydrogens is 316 g/mol. The first-order valence-corrected chi connectivity index (χ1v) is 7.21. The SMILES string of the molecule is CNCCN(C)Cc1nnc(-c2ccc(Br)s2)o1. The van der Waals surface area contributed by atoms with Gasteiger partial charge in [0.2, 0.25) is 5.89 Å². The van der Waals surface area contributed by atoms with E-state index in [0.29, 0.717) is 18.3 Å². The monoisotopic (exact) mass is 330 g/mol. The summed E-state index contributed by atoms with van der Waals surface area (Å²) >= 11 is 5.00. The molecule has 2 aromatic heterocycles. The zero-order valence-electron chi connectivity index (χ0n) is 10.3. The van der Waals surface area contributed by atoms with E-state index >= 15 is 0 Å². The number of nitrogens with zero attached hydrogens (tertiary/aromatic N) is 3. The molecule has 0 fully saturated rings. The minimum Gasteiger partial charge on any atom is -0.419 e. The second-order valence-electron chi connectivity index (χ2n) is 3.95. The molecule has 0 radical (unpaired) electrons. The maximum Gasteiger partial charge on any atom is 0.257 e. The Morgan fingerprint density at radius 1 is 1.44 bits per heavy atom. The molecule has 0 amide bonds. The van der Waals surface area contributed by atoms with Gasteiger partial charge in [-0.05, 0) is 42.2 Å². The number of hydrogen-bond acceptors (Lipinski definition) is 6. The summed E-state index contributed by atoms with van der Waals surface area (Å²) in [7, 11) is 3.97. The van der Waals surface area contributed by atoms with E-state index in [1.807, 2.05) is 26.2 Å². The van der Waals surface area contributed by atoms with Crippen LogP contribution in [0.25, 0.3) is 10.8 Å². The largest absolute Gasteiger partial charge is 0.419 e. The summed E-state index contributed by atoms with van der Waals surface area (Å²) in [5.41, 5.74) is 0. The lowest BCUT2D eigenvalue weighted by molar-refractivity contribution is 0.291. The topological polar surface area (TPSA) is 54.2 Å². The molecule has 2 rings (SSSR count). The predicted molar refractivity (Wildman–Crippen MR) is 75.6 cm³/mol. The Kier molecular flexibility index (Phi) is 4.87. The van der Waals surface area contributed by atoms with E-state index in [1.165, 1.54) is 0 Å². The normalized spacial score (nSPS) is 11.3. The van der Waals surface area contributed by atoms with Crippen LogP contribution in [0.2, 0.25) is 0 Å². The summed E-state index contributed by atoms with van der Waals surface area (Å²) in [6, 6.07) is 3.94. The van der Waals surface area contributed by atoms with Gasteiger partial charge in [0.15, 0.2) is 0 Å². The summed E-state index contributed by atoms with van der Waals surface area (Å²) in [6.07, 6.45) is 0. The number of rotatable bonds is 6. The van der Waals surface area contributed by atoms with E-state index in [9.17, 15) is 0 Å². The van der Waals surface area contributed by atoms with E-state index in [0.717, 1.165) is 21.8 Å². The predicted octanol–water partition coefficient (Wildman–Crippen LogP) is 2.21. The van der Waals surface area contributed by atoms with Crippen LogP contribution in [0.15, 0.2) is 20.3 Å². The Bertz CT molecular complexity index is 499. The molecule has 2 heterocycles. The molecular formula is C11H15BrN4OS. The highest BCUT2D eigenvalue weighted by Crippen LogP contribution is 2.30. The molecule has 5 nitrogen and oxygen atoms in total. The highest BCUT2D eigenvalue weighted by atomic mass is 79.9. The minimum absolute atomic E-state index is 0.586. The zero-order valence-corrected chi connectivity index (χ0v) is 12.7. The van der Waals surface area contributed by atoms with Crippen molar-refractivity contribution in [3.05, 3.63) is 21.8 Å². The highest BCUT2D eigenvalue weighted by Gasteiger charge is 2.11. The third-order valence-corrected chi connectivity index (χ3v) is 4.01. The molecule has 0 aliphatic carbocycles. The van der Waals surface area contributed by atoms with E-state index in [1.54, 1.807) is 11.3 Å². The third kappa shape index (κ3) is 3.61. The summed E-state index contributed by atoms with van der Waals surface area (Å²) < 4.78 is 6.70. The van der Waals surface area contributed by atoms with Gasteiger partial charge in [-0.2, -0.15) is 0 Å². The maximum atomic E-state index is 5.64. The van der Waals surface area contributed by atoms with Crippen LogP contribution in [0.1, 0.15) is 5.89 Å². The molecule has 98 valence electrons. The first-order valence-electron chi connectivity index (χ1n) is 5.60. The Balaban J connectivity index is 1.98. The smallest absolute Gasteiger partial charge is 0.257 e. The van der Waals surface area contributed by atoms with Gasteiger partial charge < -0.3 is 9.73 Å². The summed E-state index contributed by atoms with van der Waals surface area (Å²) in [6.45, 7) is 2.55. The molecule has 0 saturated carbocycles. The van der Waals surface area contributed by atoms with E-state index in [-0.39, 0.29) is 0 Å². The van der Waals surface area contributed by atoms with E-state index in [2.05, 4.69) is 36.3 Å². The van der Waals surface area contributed by atoms with Gasteiger partial charge in [-0.25, -0.2) is 0 Å². The van der Waals surface area contributed by atoms with Gasteiger partial charge in [0, 0.05) is 13.1 Å². The molecule has 0 saturated heterocycles. The van der Waals surface area contributed by atoms with E-state index in [4.69, 9.17) is 4.42 Å². The Hall–Kier alpha value is -0.760. The molecule has 0 aromatic carbocycles. The second kappa shape index (κ2) is 6.42. The van der Waals surface area contributed by atoms with Crippen molar-refractivity contribution in [3.8, 4) is 10.8 Å². The summed E-state index contributed by atoms with van der Waals surface area (Å²) in [5, 5.41) is 11.2. The van der Waals surface area contributed by atoms with Crippen molar-refractivity contribution >= 4 is 27.3 Å². The summed E-state index contributed by atoms with van der Waals surface area (Å²) in [5.74, 6) is 1.23. The van der Waals surface area contributed by atoms with Crippen molar-refractivity contribution in [2.24, 2.45) is 0 Å². The zero-order chi connectivity index (χ0) is 13.0. The number of hydrogen-bond donors (Lipinski definition) is 1. The van der Waals surface area contributed by atoms with Crippen molar-refractivity contribution in [3.63, 3.8) is 0 Å². The lowest BCUT2D eigenvalue weighted by Crippen LogP contribution is -2.27. The van der Waals surface area contributed by atoms with Crippen molar-refractivity contribution in [1.82, 2.24) is 20.4 Å². The molecule has 1 N–H and O–H groups in total. The fourth-order valence-corrected chi connectivity index (χ4v) is 2.77. The average Bonchev–Trinajstić information content (AvgIpc) is 2.95. The van der Waals surface area contributed by atoms with Gasteiger partial charge in [0.05, 0.1) is 15.2 Å². The fraction of sp³-hybridized carbons (Fsp3) is 0.455. The van der Waals surface area contributed by atoms with Crippen molar-refractivity contribution in [1.29, 1.82) is 0 Å². The molecule has 7 heteroatoms. The number of halogens is 1. The summed E-state index contributed by atoms with van der Waals surface area (Å²) in [4.78, 5) is 3.12. The number of thiophene rings is 1. The maximum absolute atomic E-state index is 5.64. The van der Waals surface area contributed by atoms with Gasteiger partial charge in [-0.15, -0.1) is 21.5 Å². The fourth-order valence-electron chi connectivity index (χ4n) is 1.46. The molecule has 0 spiro atoms. The van der Waals surface area contributed by atoms with Crippen LogP contribution in [-0.4, -0.2) is 42.3 Å². The molecule has 0 unspecified atom stereocenters. The highest BCUT2D eigenvalue weighted by molar-refractivity contribution is 9.11. The lowest BCUT2D eigenvalue weighted by atomic mass is 10.5. The molecule has 18 heavy (non-hydrogen) atoms. The quantitative estimate of drug-likeness (QED) is 0.880. The van der Waals surface area contributed by atoms with Crippen LogP contribution in [0, 0.1) is 0 Å². The minimum atomic E-state index is 0.586. The van der Waals surface area contributed by atoms with Crippen molar-refractivity contribution in [2.45, 2.75) is 6.54 Å². The van der Waals surface area contributed by atoms with Crippen molar-refractivity contribution in [2.75, 3.05) is 27.2 Å². The van der Waals surface area contributed by atoms with Crippen LogP contribution < -0.4 is 5.32 Å². The number of nitrogens with one attached hydrogen (secondary N) is 1. The van der Waals surface area contributed by atoms with E-state index < -0.39 is 0 Å². The van der Waals surface area contributed by atoms with Crippen molar-refractivity contribution < 1.29 is 4.42 Å². The van der Waals surface area contributed by atoms with Crippen LogP contribution >= 0.6 is 27.3 Å². The molecule has 0 aliphatic heterocycles. The lowest BCUT2D eigenvalue weighted by Gasteiger charge is -2.12. The molecule has 0 atom stereocenters. The second-order valence-corrected chi connectivity index (χ2v) is 6.41. The van der Waals surface area contributed by atoms with Crippen LogP contribution in [0.4, 0.5) is 0 Å². The molecule has 2 aromatic rings. The third-order valence-electron chi connectivity index (χ3n) is 2.40. The average molecular weight is 331 g/mol. The number of aromatic nitrogens is 2. The molecule has 0 bridgehead atoms. The van der Waals surface area contributed by atoms with Gasteiger partial charge in [0.1, 0.15) is 0 Å². The van der Waals surface area contributed by atoms with Crippen LogP contribution in [0.3, 0.4) is 0 Å². The van der Waals surface area contributed by atoms with Crippen LogP contribution in [0.5, 0.6) is 0 Å². The Labute approximate surface area is 118 Å². The van der Waals surface area contributed by atoms with Gasteiger partial charge in [-0.3, -0.25) is 4.90 Å². The molecule has 0 aliphatic rings. The van der Waals surface area contributed by atoms with Gasteiger partial charge in [0.25, 0.3) is 5.89 Å². The Morgan fingerprint density at radius 3 is 2.94 bits per heavy atom. The first-order chi connectivity index (χ1) is 8.69. The van der Waals surface area contributed by atoms with Gasteiger partial charge in [-0.1, -0.05) is 0 Å². The van der Waals surface area contributed by atoms with Crippen LogP contribution in [-0.2, 0) is 6.54 Å². The Morgan fingerprint density at radius 2 is 2.28 bits per heavy atom.